The zero-order chi connectivity index (χ0) is 24.1. The van der Waals surface area contributed by atoms with Gasteiger partial charge in [-0.3, -0.25) is 14.5 Å². The third-order valence-electron chi connectivity index (χ3n) is 5.74. The summed E-state index contributed by atoms with van der Waals surface area (Å²) in [6, 6.07) is 7.10. The second-order valence-electron chi connectivity index (χ2n) is 7.78. The Bertz CT molecular complexity index is 1060. The van der Waals surface area contributed by atoms with Gasteiger partial charge in [-0.05, 0) is 37.2 Å². The van der Waals surface area contributed by atoms with E-state index in [1.807, 2.05) is 0 Å². The number of hydrogen-bond donors (Lipinski definition) is 1. The highest BCUT2D eigenvalue weighted by Gasteiger charge is 2.50. The van der Waals surface area contributed by atoms with E-state index < -0.39 is 42.9 Å². The van der Waals surface area contributed by atoms with Gasteiger partial charge in [0.15, 0.2) is 0 Å². The van der Waals surface area contributed by atoms with Gasteiger partial charge < -0.3 is 9.64 Å². The molecule has 4 rings (SSSR count). The fraction of sp³-hybridized carbons (Fsp3) is 0.381. The van der Waals surface area contributed by atoms with E-state index in [1.165, 1.54) is 24.1 Å². The first-order chi connectivity index (χ1) is 15.5. The second-order valence-corrected chi connectivity index (χ2v) is 7.78. The van der Waals surface area contributed by atoms with Crippen LogP contribution in [-0.2, 0) is 11.4 Å². The average molecular weight is 475 g/mol. The number of benzene rings is 2. The van der Waals surface area contributed by atoms with Crippen LogP contribution in [0.2, 0.25) is 0 Å². The molecule has 178 valence electrons. The molecular weight excluding hydrogens is 456 g/mol. The maximum atomic E-state index is 13.6. The van der Waals surface area contributed by atoms with Crippen molar-refractivity contribution in [2.24, 2.45) is 0 Å². The van der Waals surface area contributed by atoms with Gasteiger partial charge in [-0.2, -0.15) is 27.4 Å². The Kier molecular flexibility index (Phi) is 6.01. The molecule has 1 N–H and O–H groups in total. The molecule has 0 spiro atoms. The van der Waals surface area contributed by atoms with Crippen LogP contribution in [0.1, 0.15) is 46.2 Å². The fourth-order valence-electron chi connectivity index (χ4n) is 4.07. The van der Waals surface area contributed by atoms with Crippen molar-refractivity contribution in [2.45, 2.75) is 44.7 Å². The topological polar surface area (TPSA) is 54.0 Å². The molecule has 0 bridgehead atoms. The fourth-order valence-corrected chi connectivity index (χ4v) is 4.07. The molecule has 0 radical (unpaired) electrons. The maximum Gasteiger partial charge on any atom is 0.430 e. The van der Waals surface area contributed by atoms with Gasteiger partial charge >= 0.3 is 12.8 Å². The molecule has 2 unspecified atom stereocenters. The Hall–Kier alpha value is -2.83. The van der Waals surface area contributed by atoms with Crippen LogP contribution >= 0.6 is 0 Å². The standard InChI is InChI=1S/C21H19F6N3O3/c1-10(14-6-5-13(22)8-16(14)32-20(23)24)30-9-12-4-3-11(7-15(12)18(30)31)17-28-33-19(29(17)2)21(25,26)27/h3-8,10,17,19-20,28H,9H2,1-2H3/t10-,17?,19?/m0/s1. The highest BCUT2D eigenvalue weighted by atomic mass is 19.4. The summed E-state index contributed by atoms with van der Waals surface area (Å²) in [6.07, 6.45) is -7.69. The number of carbonyl (C=O) groups is 1. The van der Waals surface area contributed by atoms with E-state index in [9.17, 15) is 31.1 Å². The van der Waals surface area contributed by atoms with Crippen molar-refractivity contribution in [3.63, 3.8) is 0 Å². The molecule has 12 heteroatoms. The summed E-state index contributed by atoms with van der Waals surface area (Å²) in [5.74, 6) is -1.59. The maximum absolute atomic E-state index is 13.6. The van der Waals surface area contributed by atoms with Crippen molar-refractivity contribution in [3.05, 3.63) is 64.5 Å². The number of halogens is 6. The summed E-state index contributed by atoms with van der Waals surface area (Å²) in [4.78, 5) is 20.1. The Morgan fingerprint density at radius 2 is 1.91 bits per heavy atom. The lowest BCUT2D eigenvalue weighted by molar-refractivity contribution is -0.246. The molecule has 2 aromatic carbocycles. The number of amides is 1. The normalized spacial score (nSPS) is 22.2. The zero-order valence-electron chi connectivity index (χ0n) is 17.4. The molecule has 6 nitrogen and oxygen atoms in total. The number of nitrogens with one attached hydrogen (secondary N) is 1. The van der Waals surface area contributed by atoms with Crippen molar-refractivity contribution in [1.29, 1.82) is 0 Å². The van der Waals surface area contributed by atoms with Gasteiger partial charge in [-0.1, -0.05) is 18.2 Å². The first kappa shape index (κ1) is 23.3. The van der Waals surface area contributed by atoms with Gasteiger partial charge in [0.2, 0.25) is 6.23 Å². The highest BCUT2D eigenvalue weighted by Crippen LogP contribution is 2.38. The quantitative estimate of drug-likeness (QED) is 0.646. The molecule has 2 aliphatic heterocycles. The summed E-state index contributed by atoms with van der Waals surface area (Å²) >= 11 is 0. The van der Waals surface area contributed by atoms with Crippen molar-refractivity contribution >= 4 is 5.91 Å². The van der Waals surface area contributed by atoms with E-state index in [-0.39, 0.29) is 23.4 Å². The second kappa shape index (κ2) is 8.50. The molecular formula is C21H19F6N3O3. The third kappa shape index (κ3) is 4.37. The number of hydroxylamine groups is 1. The SMILES string of the molecule is C[C@@H](c1ccc(F)cc1OC(F)F)N1Cc2ccc(C3NOC(C(F)(F)F)N3C)cc2C1=O. The van der Waals surface area contributed by atoms with E-state index in [4.69, 9.17) is 0 Å². The lowest BCUT2D eigenvalue weighted by Gasteiger charge is -2.26. The van der Waals surface area contributed by atoms with E-state index in [0.29, 0.717) is 11.1 Å². The van der Waals surface area contributed by atoms with Crippen LogP contribution in [0.15, 0.2) is 36.4 Å². The largest absolute Gasteiger partial charge is 0.434 e. The average Bonchev–Trinajstić information content (AvgIpc) is 3.27. The molecule has 2 aromatic rings. The first-order valence-corrected chi connectivity index (χ1v) is 9.85. The number of fused-ring (bicyclic) bond motifs is 1. The highest BCUT2D eigenvalue weighted by molar-refractivity contribution is 5.98. The molecule has 0 saturated carbocycles. The Morgan fingerprint density at radius 3 is 2.55 bits per heavy atom. The molecule has 1 amide bonds. The first-order valence-electron chi connectivity index (χ1n) is 9.85. The molecule has 2 heterocycles. The lowest BCUT2D eigenvalue weighted by atomic mass is 10.0. The van der Waals surface area contributed by atoms with E-state index in [0.717, 1.165) is 17.0 Å². The predicted molar refractivity (Wildman–Crippen MR) is 102 cm³/mol. The van der Waals surface area contributed by atoms with Crippen LogP contribution in [0.3, 0.4) is 0 Å². The molecule has 3 atom stereocenters. The van der Waals surface area contributed by atoms with Crippen LogP contribution in [-0.4, -0.2) is 41.8 Å². The summed E-state index contributed by atoms with van der Waals surface area (Å²) in [7, 11) is 1.24. The van der Waals surface area contributed by atoms with Crippen molar-refractivity contribution < 1.29 is 40.7 Å². The Morgan fingerprint density at radius 1 is 1.18 bits per heavy atom. The van der Waals surface area contributed by atoms with Gasteiger partial charge in [0.1, 0.15) is 17.7 Å². The monoisotopic (exact) mass is 475 g/mol. The minimum Gasteiger partial charge on any atom is -0.434 e. The number of hydrogen-bond acceptors (Lipinski definition) is 5. The third-order valence-corrected chi connectivity index (χ3v) is 5.74. The van der Waals surface area contributed by atoms with E-state index >= 15 is 0 Å². The summed E-state index contributed by atoms with van der Waals surface area (Å²) in [5, 5.41) is 0. The van der Waals surface area contributed by atoms with Crippen molar-refractivity contribution in [2.75, 3.05) is 7.05 Å². The minimum atomic E-state index is -4.61. The van der Waals surface area contributed by atoms with Crippen LogP contribution in [0, 0.1) is 5.82 Å². The number of carbonyl (C=O) groups excluding carboxylic acids is 1. The molecule has 33 heavy (non-hydrogen) atoms. The molecule has 1 saturated heterocycles. The number of rotatable bonds is 5. The van der Waals surface area contributed by atoms with Crippen molar-refractivity contribution in [3.8, 4) is 5.75 Å². The van der Waals surface area contributed by atoms with Gasteiger partial charge in [0.05, 0.1) is 6.04 Å². The van der Waals surface area contributed by atoms with Gasteiger partial charge in [0.25, 0.3) is 5.91 Å². The Labute approximate surface area is 184 Å². The van der Waals surface area contributed by atoms with Gasteiger partial charge in [-0.15, -0.1) is 0 Å². The van der Waals surface area contributed by atoms with Crippen LogP contribution in [0.4, 0.5) is 26.3 Å². The van der Waals surface area contributed by atoms with Gasteiger partial charge in [-0.25, -0.2) is 4.39 Å². The Balaban J connectivity index is 1.58. The number of nitrogens with zero attached hydrogens (tertiary/aromatic N) is 2. The van der Waals surface area contributed by atoms with E-state index in [2.05, 4.69) is 15.1 Å². The van der Waals surface area contributed by atoms with E-state index in [1.54, 1.807) is 19.1 Å². The van der Waals surface area contributed by atoms with Crippen LogP contribution in [0.25, 0.3) is 0 Å². The molecule has 2 aliphatic rings. The van der Waals surface area contributed by atoms with Crippen LogP contribution < -0.4 is 10.2 Å². The number of ether oxygens (including phenoxy) is 1. The van der Waals surface area contributed by atoms with Crippen molar-refractivity contribution in [1.82, 2.24) is 15.3 Å². The summed E-state index contributed by atoms with van der Waals surface area (Å²) < 4.78 is 82.7. The van der Waals surface area contributed by atoms with Gasteiger partial charge in [0, 0.05) is 23.7 Å². The smallest absolute Gasteiger partial charge is 0.430 e. The zero-order valence-corrected chi connectivity index (χ0v) is 17.4. The molecule has 0 aliphatic carbocycles. The summed E-state index contributed by atoms with van der Waals surface area (Å²) in [6.45, 7) is -1.45. The number of alkyl halides is 5. The molecule has 0 aromatic heterocycles. The lowest BCUT2D eigenvalue weighted by Crippen LogP contribution is -2.40. The molecule has 1 fully saturated rings. The minimum absolute atomic E-state index is 0.136. The predicted octanol–water partition coefficient (Wildman–Crippen LogP) is 4.50. The summed E-state index contributed by atoms with van der Waals surface area (Å²) in [5.41, 5.74) is 3.79. The van der Waals surface area contributed by atoms with Crippen LogP contribution in [0.5, 0.6) is 5.75 Å².